The lowest BCUT2D eigenvalue weighted by Gasteiger charge is -2.12. The minimum atomic E-state index is -1.01. The number of aromatic hydroxyl groups is 1. The van der Waals surface area contributed by atoms with Gasteiger partial charge in [-0.15, -0.1) is 0 Å². The van der Waals surface area contributed by atoms with Crippen molar-refractivity contribution in [2.45, 2.75) is 6.54 Å². The van der Waals surface area contributed by atoms with E-state index in [2.05, 4.69) is 15.3 Å². The van der Waals surface area contributed by atoms with E-state index in [-0.39, 0.29) is 6.54 Å². The Bertz CT molecular complexity index is 1050. The molecule has 0 fully saturated rings. The fraction of sp³-hybridized carbons (Fsp3) is 0.111. The number of hydrogen-bond acceptors (Lipinski definition) is 5. The first-order valence-electron chi connectivity index (χ1n) is 7.82. The number of carbonyl (C=O) groups is 1. The van der Waals surface area contributed by atoms with Gasteiger partial charge in [0.25, 0.3) is 11.5 Å². The predicted molar refractivity (Wildman–Crippen MR) is 91.9 cm³/mol. The smallest absolute Gasteiger partial charge is 0.296 e. The fourth-order valence-corrected chi connectivity index (χ4v) is 2.44. The van der Waals surface area contributed by atoms with Crippen LogP contribution in [0.15, 0.2) is 47.4 Å². The Morgan fingerprint density at radius 2 is 1.89 bits per heavy atom. The molecule has 0 unspecified atom stereocenters. The van der Waals surface area contributed by atoms with Crippen molar-refractivity contribution in [1.29, 1.82) is 0 Å². The van der Waals surface area contributed by atoms with E-state index in [0.717, 1.165) is 22.8 Å². The Hall–Kier alpha value is -3.62. The van der Waals surface area contributed by atoms with Crippen LogP contribution in [0.1, 0.15) is 16.2 Å². The van der Waals surface area contributed by atoms with E-state index < -0.39 is 45.9 Å². The van der Waals surface area contributed by atoms with Gasteiger partial charge in [0.1, 0.15) is 17.5 Å². The van der Waals surface area contributed by atoms with Gasteiger partial charge in [-0.3, -0.25) is 19.1 Å². The summed E-state index contributed by atoms with van der Waals surface area (Å²) < 4.78 is 28.9. The maximum atomic E-state index is 14.1. The molecule has 7 nitrogen and oxygen atoms in total. The second-order valence-electron chi connectivity index (χ2n) is 5.60. The van der Waals surface area contributed by atoms with Gasteiger partial charge in [0, 0.05) is 13.2 Å². The SMILES string of the molecule is Cn1c(-c2c(F)cccc2F)nc(C(=O)NCc2ccccn2)c(O)c1=O. The predicted octanol–water partition coefficient (Wildman–Crippen LogP) is 1.76. The Labute approximate surface area is 152 Å². The molecule has 0 saturated heterocycles. The highest BCUT2D eigenvalue weighted by Crippen LogP contribution is 2.25. The molecule has 0 saturated carbocycles. The lowest BCUT2D eigenvalue weighted by Crippen LogP contribution is -2.29. The van der Waals surface area contributed by atoms with Gasteiger partial charge in [-0.05, 0) is 24.3 Å². The number of pyridine rings is 1. The number of amides is 1. The third-order valence-corrected chi connectivity index (χ3v) is 3.82. The quantitative estimate of drug-likeness (QED) is 0.727. The molecule has 1 aromatic carbocycles. The van der Waals surface area contributed by atoms with Gasteiger partial charge in [-0.1, -0.05) is 12.1 Å². The van der Waals surface area contributed by atoms with Crippen LogP contribution in [0.3, 0.4) is 0 Å². The molecule has 0 atom stereocenters. The Morgan fingerprint density at radius 1 is 1.19 bits per heavy atom. The third-order valence-electron chi connectivity index (χ3n) is 3.82. The molecule has 27 heavy (non-hydrogen) atoms. The molecule has 0 aliphatic rings. The number of carbonyl (C=O) groups excluding carboxylic acids is 1. The summed E-state index contributed by atoms with van der Waals surface area (Å²) in [7, 11) is 1.19. The zero-order valence-electron chi connectivity index (χ0n) is 14.1. The summed E-state index contributed by atoms with van der Waals surface area (Å²) in [5, 5.41) is 12.4. The van der Waals surface area contributed by atoms with Gasteiger partial charge in [-0.2, -0.15) is 0 Å². The monoisotopic (exact) mass is 372 g/mol. The standard InChI is InChI=1S/C18H14F2N4O3/c1-24-16(13-11(19)6-4-7-12(13)20)23-14(15(25)18(24)27)17(26)22-9-10-5-2-3-8-21-10/h2-8,25H,9H2,1H3,(H,22,26). The van der Waals surface area contributed by atoms with Crippen molar-refractivity contribution >= 4 is 5.91 Å². The molecule has 2 heterocycles. The maximum Gasteiger partial charge on any atom is 0.296 e. The molecular weight excluding hydrogens is 358 g/mol. The Kier molecular flexibility index (Phi) is 4.93. The molecule has 2 aromatic heterocycles. The number of nitrogens with one attached hydrogen (secondary N) is 1. The fourth-order valence-electron chi connectivity index (χ4n) is 2.44. The van der Waals surface area contributed by atoms with Crippen molar-refractivity contribution in [3.63, 3.8) is 0 Å². The first-order chi connectivity index (χ1) is 12.9. The lowest BCUT2D eigenvalue weighted by atomic mass is 10.1. The number of aromatic nitrogens is 3. The summed E-state index contributed by atoms with van der Waals surface area (Å²) in [5.41, 5.74) is -1.68. The summed E-state index contributed by atoms with van der Waals surface area (Å²) in [6, 6.07) is 8.25. The molecule has 3 rings (SSSR count). The van der Waals surface area contributed by atoms with Crippen molar-refractivity contribution in [3.8, 4) is 17.1 Å². The van der Waals surface area contributed by atoms with E-state index in [1.807, 2.05) is 0 Å². The molecule has 0 aliphatic carbocycles. The lowest BCUT2D eigenvalue weighted by molar-refractivity contribution is 0.0942. The molecule has 9 heteroatoms. The van der Waals surface area contributed by atoms with Gasteiger partial charge in [-0.25, -0.2) is 13.8 Å². The Balaban J connectivity index is 2.03. The number of nitrogens with zero attached hydrogens (tertiary/aromatic N) is 3. The molecule has 0 radical (unpaired) electrons. The number of halogens is 2. The van der Waals surface area contributed by atoms with Crippen LogP contribution in [0.2, 0.25) is 0 Å². The summed E-state index contributed by atoms with van der Waals surface area (Å²) in [5.74, 6) is -4.13. The van der Waals surface area contributed by atoms with Crippen LogP contribution in [0.5, 0.6) is 5.75 Å². The van der Waals surface area contributed by atoms with E-state index in [1.165, 1.54) is 13.2 Å². The average molecular weight is 372 g/mol. The minimum absolute atomic E-state index is 0.0133. The topological polar surface area (TPSA) is 97.1 Å². The molecule has 0 bridgehead atoms. The molecule has 138 valence electrons. The van der Waals surface area contributed by atoms with Crippen LogP contribution in [0.4, 0.5) is 8.78 Å². The molecule has 0 spiro atoms. The maximum absolute atomic E-state index is 14.1. The first kappa shape index (κ1) is 18.2. The summed E-state index contributed by atoms with van der Waals surface area (Å²) in [6.45, 7) is 0.0133. The van der Waals surface area contributed by atoms with E-state index in [0.29, 0.717) is 5.69 Å². The molecular formula is C18H14F2N4O3. The summed E-state index contributed by atoms with van der Waals surface area (Å²) in [4.78, 5) is 32.4. The molecule has 2 N–H and O–H groups in total. The largest absolute Gasteiger partial charge is 0.501 e. The summed E-state index contributed by atoms with van der Waals surface area (Å²) >= 11 is 0. The van der Waals surface area contributed by atoms with Crippen LogP contribution in [-0.4, -0.2) is 25.5 Å². The summed E-state index contributed by atoms with van der Waals surface area (Å²) in [6.07, 6.45) is 1.54. The minimum Gasteiger partial charge on any atom is -0.501 e. The highest BCUT2D eigenvalue weighted by Gasteiger charge is 2.23. The van der Waals surface area contributed by atoms with Crippen molar-refractivity contribution in [2.75, 3.05) is 0 Å². The van der Waals surface area contributed by atoms with Crippen molar-refractivity contribution in [1.82, 2.24) is 19.9 Å². The van der Waals surface area contributed by atoms with Crippen molar-refractivity contribution in [3.05, 3.63) is 76.0 Å². The molecule has 1 amide bonds. The highest BCUT2D eigenvalue weighted by atomic mass is 19.1. The van der Waals surface area contributed by atoms with Crippen LogP contribution < -0.4 is 10.9 Å². The van der Waals surface area contributed by atoms with Crippen LogP contribution in [-0.2, 0) is 13.6 Å². The zero-order valence-corrected chi connectivity index (χ0v) is 14.1. The van der Waals surface area contributed by atoms with Crippen LogP contribution in [0, 0.1) is 11.6 Å². The second kappa shape index (κ2) is 7.32. The molecule has 3 aromatic rings. The Morgan fingerprint density at radius 3 is 2.52 bits per heavy atom. The van der Waals surface area contributed by atoms with Gasteiger partial charge in [0.15, 0.2) is 5.69 Å². The highest BCUT2D eigenvalue weighted by molar-refractivity contribution is 5.95. The van der Waals surface area contributed by atoms with Gasteiger partial charge >= 0.3 is 0 Å². The van der Waals surface area contributed by atoms with E-state index in [1.54, 1.807) is 18.2 Å². The first-order valence-corrected chi connectivity index (χ1v) is 7.82. The van der Waals surface area contributed by atoms with Gasteiger partial charge in [0.05, 0.1) is 17.8 Å². The van der Waals surface area contributed by atoms with Crippen molar-refractivity contribution in [2.24, 2.45) is 7.05 Å². The average Bonchev–Trinajstić information content (AvgIpc) is 2.66. The van der Waals surface area contributed by atoms with Gasteiger partial charge in [0.2, 0.25) is 5.75 Å². The van der Waals surface area contributed by atoms with Gasteiger partial charge < -0.3 is 10.4 Å². The van der Waals surface area contributed by atoms with E-state index in [9.17, 15) is 23.5 Å². The van der Waals surface area contributed by atoms with E-state index in [4.69, 9.17) is 0 Å². The normalized spacial score (nSPS) is 10.6. The van der Waals surface area contributed by atoms with Crippen LogP contribution >= 0.6 is 0 Å². The van der Waals surface area contributed by atoms with Crippen molar-refractivity contribution < 1.29 is 18.7 Å². The number of rotatable bonds is 4. The zero-order chi connectivity index (χ0) is 19.6. The number of benzene rings is 1. The third kappa shape index (κ3) is 3.52. The second-order valence-corrected chi connectivity index (χ2v) is 5.60. The number of hydrogen-bond donors (Lipinski definition) is 2. The van der Waals surface area contributed by atoms with E-state index >= 15 is 0 Å². The van der Waals surface area contributed by atoms with Crippen LogP contribution in [0.25, 0.3) is 11.4 Å². The molecule has 0 aliphatic heterocycles.